The van der Waals surface area contributed by atoms with Crippen molar-refractivity contribution in [3.8, 4) is 11.5 Å². The first-order valence-corrected chi connectivity index (χ1v) is 11.9. The van der Waals surface area contributed by atoms with E-state index in [0.717, 1.165) is 22.4 Å². The quantitative estimate of drug-likeness (QED) is 0.342. The van der Waals surface area contributed by atoms with E-state index in [1.165, 1.54) is 49.7 Å². The van der Waals surface area contributed by atoms with Crippen LogP contribution in [-0.2, 0) is 24.7 Å². The molecule has 0 radical (unpaired) electrons. The van der Waals surface area contributed by atoms with Gasteiger partial charge in [0, 0.05) is 4.47 Å². The summed E-state index contributed by atoms with van der Waals surface area (Å²) in [5.74, 6) is 1.76. The summed E-state index contributed by atoms with van der Waals surface area (Å²) >= 11 is 3.50. The van der Waals surface area contributed by atoms with Crippen molar-refractivity contribution in [3.05, 3.63) is 93.5 Å². The Balaban J connectivity index is 1.36. The maximum Gasteiger partial charge on any atom is 0.128 e. The summed E-state index contributed by atoms with van der Waals surface area (Å²) in [4.78, 5) is 0. The van der Waals surface area contributed by atoms with Gasteiger partial charge in [-0.2, -0.15) is 0 Å². The van der Waals surface area contributed by atoms with Crippen molar-refractivity contribution in [2.24, 2.45) is 0 Å². The standard InChI is InChI=1S/C28H31BrO/c1-28(2,24-16-15-22-10-3-4-11-23(22)19-24)17-7-9-21-8-5-13-26(18-21)30-27-14-6-12-25(29)20-27/h5-6,8,12-16,18-20H,3-4,7,9-11,17H2,1-2H3. The van der Waals surface area contributed by atoms with Crippen LogP contribution >= 0.6 is 15.9 Å². The lowest BCUT2D eigenvalue weighted by Crippen LogP contribution is -2.18. The minimum Gasteiger partial charge on any atom is -0.457 e. The SMILES string of the molecule is CC(C)(CCCc1cccc(Oc2cccc(Br)c2)c1)c1ccc2c(c1)CCCC2. The van der Waals surface area contributed by atoms with Gasteiger partial charge in [0.2, 0.25) is 0 Å². The van der Waals surface area contributed by atoms with E-state index in [2.05, 4.69) is 66.2 Å². The van der Waals surface area contributed by atoms with Crippen LogP contribution in [0.1, 0.15) is 61.8 Å². The summed E-state index contributed by atoms with van der Waals surface area (Å²) in [6.07, 6.45) is 8.63. The Bertz CT molecular complexity index is 1010. The second-order valence-corrected chi connectivity index (χ2v) is 10.1. The smallest absolute Gasteiger partial charge is 0.128 e. The van der Waals surface area contributed by atoms with Crippen LogP contribution in [0.2, 0.25) is 0 Å². The molecule has 0 aliphatic heterocycles. The van der Waals surface area contributed by atoms with E-state index in [1.807, 2.05) is 30.3 Å². The fourth-order valence-corrected chi connectivity index (χ4v) is 4.84. The third kappa shape index (κ3) is 5.35. The molecule has 1 nitrogen and oxygen atoms in total. The van der Waals surface area contributed by atoms with Gasteiger partial charge in [-0.3, -0.25) is 0 Å². The molecule has 0 spiro atoms. The number of aryl methyl sites for hydroxylation is 3. The van der Waals surface area contributed by atoms with Crippen LogP contribution in [0.25, 0.3) is 0 Å². The zero-order chi connectivity index (χ0) is 21.0. The molecule has 1 aliphatic carbocycles. The van der Waals surface area contributed by atoms with E-state index >= 15 is 0 Å². The van der Waals surface area contributed by atoms with Gasteiger partial charge in [-0.05, 0) is 103 Å². The summed E-state index contributed by atoms with van der Waals surface area (Å²) in [6.45, 7) is 4.79. The highest BCUT2D eigenvalue weighted by atomic mass is 79.9. The molecule has 0 N–H and O–H groups in total. The van der Waals surface area contributed by atoms with Crippen molar-refractivity contribution in [1.82, 2.24) is 0 Å². The van der Waals surface area contributed by atoms with Crippen LogP contribution in [0, 0.1) is 0 Å². The van der Waals surface area contributed by atoms with Gasteiger partial charge in [0.25, 0.3) is 0 Å². The molecule has 0 saturated heterocycles. The van der Waals surface area contributed by atoms with Crippen molar-refractivity contribution < 1.29 is 4.74 Å². The number of fused-ring (bicyclic) bond motifs is 1. The Morgan fingerprint density at radius 2 is 1.57 bits per heavy atom. The minimum atomic E-state index is 0.205. The Kier molecular flexibility index (Phi) is 6.63. The van der Waals surface area contributed by atoms with E-state index in [9.17, 15) is 0 Å². The molecule has 0 bridgehead atoms. The monoisotopic (exact) mass is 462 g/mol. The van der Waals surface area contributed by atoms with E-state index in [-0.39, 0.29) is 5.41 Å². The fraction of sp³-hybridized carbons (Fsp3) is 0.357. The molecule has 0 saturated carbocycles. The molecule has 2 heteroatoms. The molecule has 4 rings (SSSR count). The van der Waals surface area contributed by atoms with Gasteiger partial charge in [-0.1, -0.05) is 66.2 Å². The molecular formula is C28H31BrO. The van der Waals surface area contributed by atoms with Crippen LogP contribution in [0.15, 0.2) is 71.2 Å². The molecule has 0 atom stereocenters. The molecule has 0 fully saturated rings. The Morgan fingerprint density at radius 3 is 2.37 bits per heavy atom. The fourth-order valence-electron chi connectivity index (χ4n) is 4.46. The second-order valence-electron chi connectivity index (χ2n) is 9.13. The molecule has 0 unspecified atom stereocenters. The third-order valence-corrected chi connectivity index (χ3v) is 6.82. The molecule has 3 aromatic carbocycles. The molecule has 0 amide bonds. The van der Waals surface area contributed by atoms with E-state index in [0.29, 0.717) is 0 Å². The van der Waals surface area contributed by atoms with Gasteiger partial charge in [-0.15, -0.1) is 0 Å². The zero-order valence-electron chi connectivity index (χ0n) is 18.1. The van der Waals surface area contributed by atoms with Crippen LogP contribution in [0.5, 0.6) is 11.5 Å². The molecule has 1 aliphatic rings. The first-order valence-electron chi connectivity index (χ1n) is 11.1. The summed E-state index contributed by atoms with van der Waals surface area (Å²) in [7, 11) is 0. The first-order chi connectivity index (χ1) is 14.5. The Hall–Kier alpha value is -2.06. The largest absolute Gasteiger partial charge is 0.457 e. The van der Waals surface area contributed by atoms with E-state index in [1.54, 1.807) is 11.1 Å². The molecule has 0 aromatic heterocycles. The molecular weight excluding hydrogens is 432 g/mol. The van der Waals surface area contributed by atoms with Crippen molar-refractivity contribution in [2.45, 2.75) is 64.2 Å². The lowest BCUT2D eigenvalue weighted by atomic mass is 9.77. The molecule has 0 heterocycles. The average molecular weight is 463 g/mol. The number of ether oxygens (including phenoxy) is 1. The van der Waals surface area contributed by atoms with Crippen LogP contribution in [-0.4, -0.2) is 0 Å². The summed E-state index contributed by atoms with van der Waals surface area (Å²) in [5.41, 5.74) is 6.20. The van der Waals surface area contributed by atoms with Crippen molar-refractivity contribution in [1.29, 1.82) is 0 Å². The van der Waals surface area contributed by atoms with Crippen LogP contribution < -0.4 is 4.74 Å². The Morgan fingerprint density at radius 1 is 0.833 bits per heavy atom. The van der Waals surface area contributed by atoms with E-state index < -0.39 is 0 Å². The predicted molar refractivity (Wildman–Crippen MR) is 130 cm³/mol. The van der Waals surface area contributed by atoms with Gasteiger partial charge >= 0.3 is 0 Å². The summed E-state index contributed by atoms with van der Waals surface area (Å²) in [6, 6.07) is 23.7. The van der Waals surface area contributed by atoms with Gasteiger partial charge in [-0.25, -0.2) is 0 Å². The normalized spacial score (nSPS) is 13.7. The van der Waals surface area contributed by atoms with Crippen molar-refractivity contribution >= 4 is 15.9 Å². The number of rotatable bonds is 7. The zero-order valence-corrected chi connectivity index (χ0v) is 19.7. The summed E-state index contributed by atoms with van der Waals surface area (Å²) < 4.78 is 7.07. The van der Waals surface area contributed by atoms with Gasteiger partial charge in [0.1, 0.15) is 11.5 Å². The lowest BCUT2D eigenvalue weighted by molar-refractivity contribution is 0.459. The molecule has 3 aromatic rings. The van der Waals surface area contributed by atoms with Crippen molar-refractivity contribution in [3.63, 3.8) is 0 Å². The number of benzene rings is 3. The third-order valence-electron chi connectivity index (χ3n) is 6.33. The number of halogens is 1. The van der Waals surface area contributed by atoms with E-state index in [4.69, 9.17) is 4.74 Å². The maximum atomic E-state index is 6.04. The topological polar surface area (TPSA) is 9.23 Å². The summed E-state index contributed by atoms with van der Waals surface area (Å²) in [5, 5.41) is 0. The van der Waals surface area contributed by atoms with Crippen molar-refractivity contribution in [2.75, 3.05) is 0 Å². The van der Waals surface area contributed by atoms with Gasteiger partial charge < -0.3 is 4.74 Å². The molecule has 30 heavy (non-hydrogen) atoms. The lowest BCUT2D eigenvalue weighted by Gasteiger charge is -2.27. The highest BCUT2D eigenvalue weighted by molar-refractivity contribution is 9.10. The van der Waals surface area contributed by atoms with Crippen LogP contribution in [0.4, 0.5) is 0 Å². The highest BCUT2D eigenvalue weighted by Gasteiger charge is 2.22. The second kappa shape index (κ2) is 9.39. The number of hydrogen-bond acceptors (Lipinski definition) is 1. The van der Waals surface area contributed by atoms with Gasteiger partial charge in [0.15, 0.2) is 0 Å². The Labute approximate surface area is 189 Å². The van der Waals surface area contributed by atoms with Gasteiger partial charge in [0.05, 0.1) is 0 Å². The maximum absolute atomic E-state index is 6.04. The highest BCUT2D eigenvalue weighted by Crippen LogP contribution is 2.33. The minimum absolute atomic E-state index is 0.205. The predicted octanol–water partition coefficient (Wildman–Crippen LogP) is 8.42. The number of hydrogen-bond donors (Lipinski definition) is 0. The average Bonchev–Trinajstić information content (AvgIpc) is 2.73. The first kappa shape index (κ1) is 21.2. The van der Waals surface area contributed by atoms with Crippen LogP contribution in [0.3, 0.4) is 0 Å². The molecule has 156 valence electrons.